The van der Waals surface area contributed by atoms with Crippen molar-refractivity contribution in [1.29, 1.82) is 5.26 Å². The van der Waals surface area contributed by atoms with Gasteiger partial charge in [0.15, 0.2) is 0 Å². The predicted molar refractivity (Wildman–Crippen MR) is 403 cm³/mol. The van der Waals surface area contributed by atoms with Crippen molar-refractivity contribution in [3.63, 3.8) is 0 Å². The number of Topliss-reactive ketones (excluding diaryl/α,β-unsaturated/α-hetero) is 1. The molecule has 0 spiro atoms. The van der Waals surface area contributed by atoms with Gasteiger partial charge in [-0.25, -0.2) is 14.6 Å². The summed E-state index contributed by atoms with van der Waals surface area (Å²) in [6.07, 6.45) is 6.74. The molecule has 1 saturated carbocycles. The molecule has 0 bridgehead atoms. The Morgan fingerprint density at radius 3 is 1.54 bits per heavy atom. The number of rotatable bonds is 6. The summed E-state index contributed by atoms with van der Waals surface area (Å²) >= 11 is 9.53. The highest BCUT2D eigenvalue weighted by Crippen LogP contribution is 2.47. The number of ketones is 1. The molecule has 83 heavy (non-hydrogen) atoms. The highest BCUT2D eigenvalue weighted by molar-refractivity contribution is 8.78. The number of anilines is 2. The Bertz CT molecular complexity index is 4140. The summed E-state index contributed by atoms with van der Waals surface area (Å²) in [6.45, 7) is 7.74. The molecule has 0 amide bonds. The number of nitriles is 1. The van der Waals surface area contributed by atoms with Crippen LogP contribution in [0.1, 0.15) is 119 Å². The molecule has 17 nitrogen and oxygen atoms in total. The molecule has 2 aromatic carbocycles. The van der Waals surface area contributed by atoms with Crippen LogP contribution < -0.4 is 22.1 Å². The van der Waals surface area contributed by atoms with Crippen LogP contribution in [0.4, 0.5) is 22.9 Å². The number of hydrogen-bond acceptors (Lipinski definition) is 17. The molecule has 0 radical (unpaired) electrons. The molecular weight excluding hydrogens is 1490 g/mol. The van der Waals surface area contributed by atoms with Crippen molar-refractivity contribution in [3.8, 4) is 6.07 Å². The van der Waals surface area contributed by atoms with Gasteiger partial charge in [0.2, 0.25) is 0 Å². The van der Waals surface area contributed by atoms with Crippen LogP contribution in [0.3, 0.4) is 0 Å². The van der Waals surface area contributed by atoms with Crippen molar-refractivity contribution in [2.24, 2.45) is 17.6 Å². The van der Waals surface area contributed by atoms with Crippen molar-refractivity contribution in [2.45, 2.75) is 84.5 Å². The highest BCUT2D eigenvalue weighted by Gasteiger charge is 2.38. The van der Waals surface area contributed by atoms with E-state index in [1.807, 2.05) is 6.07 Å². The number of esters is 2. The number of carbonyl (C=O) groups is 3. The summed E-state index contributed by atoms with van der Waals surface area (Å²) < 4.78 is 69.8. The number of methoxy groups -OCH3 is 2. The number of nitro benzene ring substituents is 2. The summed E-state index contributed by atoms with van der Waals surface area (Å²) in [6, 6.07) is 14.0. The van der Waals surface area contributed by atoms with E-state index in [-0.39, 0.29) is 29.8 Å². The molecule has 39 heteroatoms. The second-order valence-corrected chi connectivity index (χ2v) is 52.4. The lowest BCUT2D eigenvalue weighted by molar-refractivity contribution is -0.385. The van der Waals surface area contributed by atoms with Crippen molar-refractivity contribution in [2.75, 3.05) is 25.3 Å². The average molecular weight is 1570 g/mol. The van der Waals surface area contributed by atoms with Crippen LogP contribution in [-0.2, 0) is 237 Å². The number of allylic oxidation sites excluding steroid dienone is 3. The van der Waals surface area contributed by atoms with Crippen LogP contribution in [0.25, 0.3) is 0 Å². The number of ether oxygens (including phenoxy) is 2. The molecule has 4 unspecified atom stereocenters. The topological polar surface area (TPSA) is 269 Å². The maximum atomic E-state index is 12.7. The lowest BCUT2D eigenvalue weighted by Gasteiger charge is -2.33. The first-order valence-electron chi connectivity index (χ1n) is 29.3. The number of dihydropyridines is 1. The lowest BCUT2D eigenvalue weighted by atomic mass is 9.78. The minimum Gasteiger partial charge on any atom is -0.466 e. The van der Waals surface area contributed by atoms with Crippen LogP contribution in [0.5, 0.6) is 0 Å². The fourth-order valence-electron chi connectivity index (χ4n) is 8.46. The molecule has 1 aromatic heterocycles. The Morgan fingerprint density at radius 2 is 1.13 bits per heavy atom. The molecular formula is C44H64N8O9S22. The van der Waals surface area contributed by atoms with E-state index >= 15 is 0 Å². The summed E-state index contributed by atoms with van der Waals surface area (Å²) in [5.41, 5.74) is 18.3. The van der Waals surface area contributed by atoms with E-state index in [1.54, 1.807) is 192 Å². The highest BCUT2D eigenvalue weighted by atomic mass is 33.5. The van der Waals surface area contributed by atoms with Crippen LogP contribution in [0.2, 0.25) is 0 Å². The van der Waals surface area contributed by atoms with Crippen molar-refractivity contribution in [3.05, 3.63) is 131 Å². The average Bonchev–Trinajstić information content (AvgIpc) is 0.748. The number of nitrogens with one attached hydrogen (secondary N) is 2. The van der Waals surface area contributed by atoms with Crippen LogP contribution in [-0.4, -0.2) is 46.8 Å². The number of nitrogen functional groups attached to an aromatic ring is 1. The summed E-state index contributed by atoms with van der Waals surface area (Å²) in [4.78, 5) is 61.7. The fourth-order valence-corrected chi connectivity index (χ4v) is 57.9. The number of nitrogens with zero attached hydrogens (tertiary/aromatic N) is 4. The number of hydrogen-bond donors (Lipinski definition) is 4. The van der Waals surface area contributed by atoms with Gasteiger partial charge in [0.05, 0.1) is 52.8 Å². The quantitative estimate of drug-likeness (QED) is 0.102. The number of non-ortho nitro benzene ring substituents is 2. The van der Waals surface area contributed by atoms with Gasteiger partial charge in [-0.1, -0.05) is 38.1 Å². The van der Waals surface area contributed by atoms with Gasteiger partial charge in [-0.05, 0) is 74.5 Å². The zero-order valence-electron chi connectivity index (χ0n) is 56.0. The van der Waals surface area contributed by atoms with E-state index in [2.05, 4.69) is 24.5 Å². The SMILES string of the molecule is CC1CCCC(=O)C1.COC(=O)C1=C(C)NC(N)=C(C#N)C1c1cccc([N+](=O)[O-])c1.COC(=O)C1=C(C)Nc2nc3c(c(N)c2C1c1cccc([N+](=O)[O-])c1)CCC(C)C3.S=S=S=S=S=S=S=S=S=S=S=S=S=S=S=S=S=S=S=S=S=S.[2HH].[2H][2H].[2H][2H].[2H][2H].[2H][2H].[2H][2H].[2H][2H]. The van der Waals surface area contributed by atoms with E-state index in [1.165, 1.54) is 68.7 Å². The summed E-state index contributed by atoms with van der Waals surface area (Å²) in [7, 11) is 37.0. The Balaban J connectivity index is -0.000000583. The molecule has 3 heterocycles. The largest absolute Gasteiger partial charge is 0.466 e. The second kappa shape index (κ2) is 40.3. The van der Waals surface area contributed by atoms with E-state index in [4.69, 9.17) is 66.1 Å². The maximum Gasteiger partial charge on any atom is 0.336 e. The Kier molecular flexibility index (Phi) is 31.0. The third-order valence-corrected chi connectivity index (χ3v) is 54.0. The molecule has 2 aliphatic heterocycles. The van der Waals surface area contributed by atoms with Crippen molar-refractivity contribution >= 4 is 241 Å². The van der Waals surface area contributed by atoms with Gasteiger partial charge >= 0.3 is 11.9 Å². The van der Waals surface area contributed by atoms with Gasteiger partial charge in [0.25, 0.3) is 11.4 Å². The Labute approximate surface area is 566 Å². The minimum atomic E-state index is -0.825. The molecule has 1 fully saturated rings. The normalized spacial score (nSPS) is 17.6. The first kappa shape index (κ1) is 63.8. The van der Waals surface area contributed by atoms with E-state index in [0.29, 0.717) is 62.8 Å². The molecule has 0 saturated heterocycles. The summed E-state index contributed by atoms with van der Waals surface area (Å²) in [5, 5.41) is 37.7. The van der Waals surface area contributed by atoms with Crippen molar-refractivity contribution in [1.82, 2.24) is 10.3 Å². The Morgan fingerprint density at radius 1 is 0.699 bits per heavy atom. The van der Waals surface area contributed by atoms with Gasteiger partial charge in [-0.3, -0.25) is 25.0 Å². The third kappa shape index (κ3) is 24.0. The zero-order valence-corrected chi connectivity index (χ0v) is 61.9. The number of pyridine rings is 1. The van der Waals surface area contributed by atoms with E-state index in [0.717, 1.165) is 49.8 Å². The molecule has 7 rings (SSSR count). The minimum absolute atomic E-state index is 0. The number of carbonyl (C=O) groups excluding carboxylic acids is 3. The molecule has 4 atom stereocenters. The van der Waals surface area contributed by atoms with Crippen molar-refractivity contribution < 1.29 is 52.9 Å². The van der Waals surface area contributed by atoms with Gasteiger partial charge in [0, 0.05) is 291 Å². The smallest absolute Gasteiger partial charge is 0.336 e. The second-order valence-electron chi connectivity index (χ2n) is 17.0. The predicted octanol–water partition coefficient (Wildman–Crippen LogP) is 8.56. The first-order valence-corrected chi connectivity index (χ1v) is 51.3. The molecule has 6 N–H and O–H groups in total. The molecule has 2 aliphatic carbocycles. The zero-order chi connectivity index (χ0) is 72.8. The number of benzene rings is 2. The molecule has 4 aliphatic rings. The standard InChI is InChI=1S/C22H24N4O4.C15H14N4O4.C7H12O.S22.7H2/c1-11-7-8-15-16(9-11)25-21-19(20(15)23)18(17(12(2)24-21)22(27)30-3)13-5-4-6-14(10-13)26(28)29;1-8-12(15(20)23-2)13(11(7-16)14(17)18-8)9-4-3-5-10(6-9)19(21)22;1-6-3-2-4-7(8)5-6;1-3-5-7-9-11-13-15-17-19-21-22-20-18-16-14-12-10-8-6-4-2;;;;;;;/h4-6,10-11,18H,7-9H2,1-3H3,(H3,23,24,25);3-6,13,18H,17H2,1-2H3;6H,2-5H2,1H3;;7*1H/i;;;;6*1+1D;1+1. The lowest BCUT2D eigenvalue weighted by Crippen LogP contribution is -2.32. The molecule has 466 valence electrons. The maximum absolute atomic E-state index is 12.7. The number of nitrogens with two attached hydrogens (primary N) is 2. The van der Waals surface area contributed by atoms with Gasteiger partial charge in [0.1, 0.15) is 17.4 Å². The monoisotopic (exact) mass is 1560 g/mol. The summed E-state index contributed by atoms with van der Waals surface area (Å²) in [5.74, 6) is -0.212. The van der Waals surface area contributed by atoms with Gasteiger partial charge in [-0.15, -0.1) is 0 Å². The Hall–Kier alpha value is -2.25. The van der Waals surface area contributed by atoms with E-state index < -0.39 is 33.6 Å². The first-order chi connectivity index (χ1) is 45.9. The number of fused-ring (bicyclic) bond motifs is 2. The molecule has 3 aromatic rings. The third-order valence-electron chi connectivity index (χ3n) is 11.8. The van der Waals surface area contributed by atoms with Crippen LogP contribution in [0.15, 0.2) is 82.5 Å². The number of nitro groups is 2. The van der Waals surface area contributed by atoms with Crippen LogP contribution >= 0.6 is 0 Å². The van der Waals surface area contributed by atoms with Crippen LogP contribution in [0, 0.1) is 43.4 Å². The fraction of sp³-hybridized carbons (Fsp3) is 0.386. The number of aromatic nitrogens is 1. The van der Waals surface area contributed by atoms with Gasteiger partial charge in [-0.2, -0.15) is 5.26 Å². The van der Waals surface area contributed by atoms with E-state index in [9.17, 15) is 39.9 Å². The van der Waals surface area contributed by atoms with Gasteiger partial charge < -0.3 is 31.6 Å².